The van der Waals surface area contributed by atoms with E-state index in [2.05, 4.69) is 37.3 Å². The predicted octanol–water partition coefficient (Wildman–Crippen LogP) is 3.01. The fraction of sp³-hybridized carbons (Fsp3) is 0.333. The van der Waals surface area contributed by atoms with Gasteiger partial charge < -0.3 is 5.73 Å². The first kappa shape index (κ1) is 8.36. The molecular formula is C12H15N. The number of nitrogens with two attached hydrogens (primary N) is 1. The van der Waals surface area contributed by atoms with Gasteiger partial charge in [-0.3, -0.25) is 0 Å². The number of anilines is 1. The maximum Gasteiger partial charge on any atom is 0.0382 e. The van der Waals surface area contributed by atoms with Crippen LogP contribution in [0.2, 0.25) is 0 Å². The smallest absolute Gasteiger partial charge is 0.0382 e. The van der Waals surface area contributed by atoms with Crippen LogP contribution in [0.25, 0.3) is 0 Å². The van der Waals surface area contributed by atoms with Crippen LogP contribution in [-0.4, -0.2) is 0 Å². The molecule has 1 aromatic rings. The van der Waals surface area contributed by atoms with Gasteiger partial charge in [-0.2, -0.15) is 0 Å². The summed E-state index contributed by atoms with van der Waals surface area (Å²) in [7, 11) is 0. The molecule has 0 fully saturated rings. The minimum absolute atomic E-state index is 0.555. The summed E-state index contributed by atoms with van der Waals surface area (Å²) in [5, 5.41) is 0. The van der Waals surface area contributed by atoms with Gasteiger partial charge in [-0.1, -0.05) is 30.4 Å². The predicted molar refractivity (Wildman–Crippen MR) is 56.7 cm³/mol. The van der Waals surface area contributed by atoms with Crippen LogP contribution in [-0.2, 0) is 0 Å². The van der Waals surface area contributed by atoms with Crippen LogP contribution in [0, 0.1) is 6.92 Å². The number of hydrogen-bond donors (Lipinski definition) is 1. The molecule has 2 rings (SSSR count). The topological polar surface area (TPSA) is 26.0 Å². The van der Waals surface area contributed by atoms with Crippen molar-refractivity contribution in [1.29, 1.82) is 0 Å². The minimum atomic E-state index is 0.555. The molecule has 1 aromatic carbocycles. The molecule has 0 aromatic heterocycles. The number of aryl methyl sites for hydroxylation is 1. The van der Waals surface area contributed by atoms with Gasteiger partial charge >= 0.3 is 0 Å². The third-order valence-electron chi connectivity index (χ3n) is 2.77. The van der Waals surface area contributed by atoms with Gasteiger partial charge in [-0.05, 0) is 30.9 Å². The van der Waals surface area contributed by atoms with E-state index in [0.717, 1.165) is 5.69 Å². The molecule has 0 amide bonds. The van der Waals surface area contributed by atoms with Crippen molar-refractivity contribution >= 4 is 5.69 Å². The lowest BCUT2D eigenvalue weighted by atomic mass is 9.95. The number of hydrogen-bond acceptors (Lipinski definition) is 1. The van der Waals surface area contributed by atoms with E-state index < -0.39 is 0 Å². The van der Waals surface area contributed by atoms with Gasteiger partial charge in [0, 0.05) is 11.6 Å². The number of nitrogen functional groups attached to an aromatic ring is 1. The molecule has 1 atom stereocenters. The fourth-order valence-corrected chi connectivity index (χ4v) is 1.92. The molecule has 0 spiro atoms. The second kappa shape index (κ2) is 3.25. The van der Waals surface area contributed by atoms with E-state index in [1.54, 1.807) is 0 Å². The molecule has 0 saturated carbocycles. The number of allylic oxidation sites excluding steroid dienone is 2. The molecule has 1 aliphatic carbocycles. The molecule has 0 bridgehead atoms. The summed E-state index contributed by atoms with van der Waals surface area (Å²) in [5.41, 5.74) is 9.49. The van der Waals surface area contributed by atoms with Crippen molar-refractivity contribution < 1.29 is 0 Å². The zero-order valence-electron chi connectivity index (χ0n) is 7.96. The Kier molecular flexibility index (Phi) is 2.09. The van der Waals surface area contributed by atoms with Crippen LogP contribution in [0.15, 0.2) is 30.4 Å². The summed E-state index contributed by atoms with van der Waals surface area (Å²) in [6, 6.07) is 6.30. The molecule has 13 heavy (non-hydrogen) atoms. The highest BCUT2D eigenvalue weighted by molar-refractivity contribution is 5.55. The van der Waals surface area contributed by atoms with Crippen molar-refractivity contribution in [2.45, 2.75) is 25.7 Å². The summed E-state index contributed by atoms with van der Waals surface area (Å²) in [6.07, 6.45) is 6.92. The second-order valence-corrected chi connectivity index (χ2v) is 3.69. The lowest BCUT2D eigenvalue weighted by Crippen LogP contribution is -2.00. The van der Waals surface area contributed by atoms with E-state index >= 15 is 0 Å². The molecular weight excluding hydrogens is 158 g/mol. The summed E-state index contributed by atoms with van der Waals surface area (Å²) >= 11 is 0. The molecule has 68 valence electrons. The molecule has 0 aliphatic heterocycles. The zero-order chi connectivity index (χ0) is 9.26. The maximum atomic E-state index is 6.03. The first-order valence-corrected chi connectivity index (χ1v) is 4.80. The first-order chi connectivity index (χ1) is 6.29. The van der Waals surface area contributed by atoms with Crippen molar-refractivity contribution in [3.05, 3.63) is 41.5 Å². The molecule has 1 unspecified atom stereocenters. The number of rotatable bonds is 1. The molecule has 1 heteroatoms. The summed E-state index contributed by atoms with van der Waals surface area (Å²) < 4.78 is 0. The van der Waals surface area contributed by atoms with E-state index in [0.29, 0.717) is 5.92 Å². The van der Waals surface area contributed by atoms with Crippen molar-refractivity contribution in [3.8, 4) is 0 Å². The first-order valence-electron chi connectivity index (χ1n) is 4.80. The van der Waals surface area contributed by atoms with Crippen molar-refractivity contribution in [2.75, 3.05) is 5.73 Å². The third-order valence-corrected chi connectivity index (χ3v) is 2.77. The lowest BCUT2D eigenvalue weighted by Gasteiger charge is -2.12. The van der Waals surface area contributed by atoms with E-state index in [1.165, 1.54) is 24.0 Å². The quantitative estimate of drug-likeness (QED) is 0.512. The second-order valence-electron chi connectivity index (χ2n) is 3.69. The van der Waals surface area contributed by atoms with Crippen LogP contribution in [0.5, 0.6) is 0 Å². The molecule has 0 heterocycles. The Morgan fingerprint density at radius 3 is 2.92 bits per heavy atom. The van der Waals surface area contributed by atoms with Crippen LogP contribution < -0.4 is 5.73 Å². The Hall–Kier alpha value is -1.24. The molecule has 0 saturated heterocycles. The highest BCUT2D eigenvalue weighted by Gasteiger charge is 2.14. The standard InChI is InChI=1S/C12H15N/c1-9-5-4-8-11(12(9)13)10-6-2-3-7-10/h2,4-6,8,10H,3,7,13H2,1H3. The Balaban J connectivity index is 2.39. The molecule has 1 aliphatic rings. The van der Waals surface area contributed by atoms with Crippen LogP contribution >= 0.6 is 0 Å². The SMILES string of the molecule is Cc1cccc(C2C=CCC2)c1N. The minimum Gasteiger partial charge on any atom is -0.398 e. The summed E-state index contributed by atoms with van der Waals surface area (Å²) in [5.74, 6) is 0.555. The van der Waals surface area contributed by atoms with Gasteiger partial charge in [0.2, 0.25) is 0 Å². The lowest BCUT2D eigenvalue weighted by molar-refractivity contribution is 0.802. The molecule has 0 radical (unpaired) electrons. The van der Waals surface area contributed by atoms with Crippen molar-refractivity contribution in [1.82, 2.24) is 0 Å². The van der Waals surface area contributed by atoms with Crippen LogP contribution in [0.3, 0.4) is 0 Å². The number of para-hydroxylation sites is 1. The van der Waals surface area contributed by atoms with Crippen molar-refractivity contribution in [2.24, 2.45) is 0 Å². The van der Waals surface area contributed by atoms with E-state index in [1.807, 2.05) is 0 Å². The monoisotopic (exact) mass is 173 g/mol. The summed E-state index contributed by atoms with van der Waals surface area (Å²) in [6.45, 7) is 2.07. The fourth-order valence-electron chi connectivity index (χ4n) is 1.92. The van der Waals surface area contributed by atoms with E-state index in [-0.39, 0.29) is 0 Å². The maximum absolute atomic E-state index is 6.03. The third kappa shape index (κ3) is 1.46. The average Bonchev–Trinajstić information content (AvgIpc) is 2.62. The van der Waals surface area contributed by atoms with Gasteiger partial charge in [-0.25, -0.2) is 0 Å². The van der Waals surface area contributed by atoms with Gasteiger partial charge in [-0.15, -0.1) is 0 Å². The highest BCUT2D eigenvalue weighted by Crippen LogP contribution is 2.32. The van der Waals surface area contributed by atoms with Gasteiger partial charge in [0.25, 0.3) is 0 Å². The van der Waals surface area contributed by atoms with Gasteiger partial charge in [0.15, 0.2) is 0 Å². The Labute approximate surface area is 79.3 Å². The largest absolute Gasteiger partial charge is 0.398 e. The van der Waals surface area contributed by atoms with E-state index in [9.17, 15) is 0 Å². The zero-order valence-corrected chi connectivity index (χ0v) is 7.96. The average molecular weight is 173 g/mol. The van der Waals surface area contributed by atoms with Gasteiger partial charge in [0.1, 0.15) is 0 Å². The normalized spacial score (nSPS) is 20.8. The Morgan fingerprint density at radius 2 is 2.23 bits per heavy atom. The van der Waals surface area contributed by atoms with Crippen LogP contribution in [0.4, 0.5) is 5.69 Å². The Morgan fingerprint density at radius 1 is 1.38 bits per heavy atom. The molecule has 2 N–H and O–H groups in total. The van der Waals surface area contributed by atoms with E-state index in [4.69, 9.17) is 5.73 Å². The Bertz CT molecular complexity index is 339. The molecule has 1 nitrogen and oxygen atoms in total. The van der Waals surface area contributed by atoms with Gasteiger partial charge in [0.05, 0.1) is 0 Å². The highest BCUT2D eigenvalue weighted by atomic mass is 14.6. The summed E-state index contributed by atoms with van der Waals surface area (Å²) in [4.78, 5) is 0. The van der Waals surface area contributed by atoms with Crippen molar-refractivity contribution in [3.63, 3.8) is 0 Å². The number of benzene rings is 1. The van der Waals surface area contributed by atoms with Crippen LogP contribution in [0.1, 0.15) is 29.9 Å².